The number of carbonyl (C=O) groups is 3. The maximum Gasteiger partial charge on any atom is 0.328 e. The summed E-state index contributed by atoms with van der Waals surface area (Å²) in [7, 11) is 1.29. The molecule has 1 rings (SSSR count). The van der Waals surface area contributed by atoms with Gasteiger partial charge in [-0.25, -0.2) is 4.79 Å². The lowest BCUT2D eigenvalue weighted by atomic mass is 10.0. The molecule has 6 heteroatoms. The summed E-state index contributed by atoms with van der Waals surface area (Å²) in [6.07, 6.45) is 0. The smallest absolute Gasteiger partial charge is 0.328 e. The van der Waals surface area contributed by atoms with Crippen LogP contribution in [0.25, 0.3) is 0 Å². The molecule has 0 saturated carbocycles. The third-order valence-electron chi connectivity index (χ3n) is 3.74. The highest BCUT2D eigenvalue weighted by Gasteiger charge is 2.30. The Morgan fingerprint density at radius 3 is 2.26 bits per heavy atom. The quantitative estimate of drug-likeness (QED) is 0.773. The second kappa shape index (κ2) is 8.15. The number of hydrogen-bond donors (Lipinski definition) is 0. The first-order chi connectivity index (χ1) is 10.7. The number of benzene rings is 1. The fourth-order valence-corrected chi connectivity index (χ4v) is 2.82. The molecule has 0 aliphatic rings. The van der Waals surface area contributed by atoms with Crippen LogP contribution in [-0.4, -0.2) is 35.9 Å². The Labute approximate surface area is 141 Å². The minimum atomic E-state index is -0.765. The van der Waals surface area contributed by atoms with E-state index in [1.807, 2.05) is 32.9 Å². The van der Waals surface area contributed by atoms with Crippen LogP contribution >= 0.6 is 11.8 Å². The first-order valence-electron chi connectivity index (χ1n) is 7.30. The SMILES string of the molecule is COC(=O)C(C)N(C(=O)CSC(C)=O)c1c(C)ccc(C)c1C. The van der Waals surface area contributed by atoms with E-state index in [0.717, 1.165) is 28.5 Å². The summed E-state index contributed by atoms with van der Waals surface area (Å²) in [4.78, 5) is 37.3. The van der Waals surface area contributed by atoms with Crippen molar-refractivity contribution in [2.24, 2.45) is 0 Å². The number of esters is 1. The lowest BCUT2D eigenvalue weighted by Gasteiger charge is -2.31. The van der Waals surface area contributed by atoms with E-state index in [-0.39, 0.29) is 16.8 Å². The maximum absolute atomic E-state index is 12.7. The summed E-state index contributed by atoms with van der Waals surface area (Å²) in [6.45, 7) is 8.80. The van der Waals surface area contributed by atoms with Crippen LogP contribution in [0.15, 0.2) is 12.1 Å². The summed E-state index contributed by atoms with van der Waals surface area (Å²) in [5.74, 6) is -0.796. The van der Waals surface area contributed by atoms with Crippen LogP contribution in [0.2, 0.25) is 0 Å². The molecule has 5 nitrogen and oxygen atoms in total. The molecule has 0 saturated heterocycles. The number of anilines is 1. The molecular weight excluding hydrogens is 314 g/mol. The molecule has 1 aromatic rings. The molecule has 1 amide bonds. The van der Waals surface area contributed by atoms with Crippen LogP contribution in [0.1, 0.15) is 30.5 Å². The summed E-state index contributed by atoms with van der Waals surface area (Å²) in [5, 5.41) is -0.137. The number of rotatable bonds is 5. The maximum atomic E-state index is 12.7. The van der Waals surface area contributed by atoms with Crippen molar-refractivity contribution in [1.29, 1.82) is 0 Å². The zero-order valence-corrected chi connectivity index (χ0v) is 15.2. The van der Waals surface area contributed by atoms with Gasteiger partial charge >= 0.3 is 5.97 Å². The Hall–Kier alpha value is -1.82. The normalized spacial score (nSPS) is 11.7. The highest BCUT2D eigenvalue weighted by Crippen LogP contribution is 2.30. The Balaban J connectivity index is 3.35. The molecule has 0 aliphatic carbocycles. The third-order valence-corrected chi connectivity index (χ3v) is 4.54. The summed E-state index contributed by atoms with van der Waals surface area (Å²) in [6, 6.07) is 3.13. The molecule has 23 heavy (non-hydrogen) atoms. The first kappa shape index (κ1) is 19.2. The number of aryl methyl sites for hydroxylation is 2. The van der Waals surface area contributed by atoms with Crippen molar-refractivity contribution in [3.8, 4) is 0 Å². The second-order valence-electron chi connectivity index (χ2n) is 5.42. The molecule has 0 N–H and O–H groups in total. The van der Waals surface area contributed by atoms with Gasteiger partial charge in [0, 0.05) is 6.92 Å². The van der Waals surface area contributed by atoms with E-state index in [4.69, 9.17) is 4.74 Å². The monoisotopic (exact) mass is 337 g/mol. The van der Waals surface area contributed by atoms with Crippen LogP contribution in [0.5, 0.6) is 0 Å². The van der Waals surface area contributed by atoms with Crippen molar-refractivity contribution in [1.82, 2.24) is 0 Å². The molecule has 1 aromatic carbocycles. The topological polar surface area (TPSA) is 63.7 Å². The van der Waals surface area contributed by atoms with E-state index in [0.29, 0.717) is 5.69 Å². The van der Waals surface area contributed by atoms with Gasteiger partial charge in [0.2, 0.25) is 5.91 Å². The van der Waals surface area contributed by atoms with Gasteiger partial charge in [-0.15, -0.1) is 0 Å². The van der Waals surface area contributed by atoms with E-state index < -0.39 is 12.0 Å². The molecule has 126 valence electrons. The Bertz CT molecular complexity index is 627. The number of ether oxygens (including phenoxy) is 1. The van der Waals surface area contributed by atoms with Gasteiger partial charge in [0.1, 0.15) is 6.04 Å². The summed E-state index contributed by atoms with van der Waals surface area (Å²) >= 11 is 0.933. The zero-order chi connectivity index (χ0) is 17.7. The number of carbonyl (C=O) groups excluding carboxylic acids is 3. The largest absolute Gasteiger partial charge is 0.467 e. The van der Waals surface area contributed by atoms with Gasteiger partial charge in [-0.2, -0.15) is 0 Å². The van der Waals surface area contributed by atoms with Crippen molar-refractivity contribution in [2.45, 2.75) is 40.7 Å². The van der Waals surface area contributed by atoms with E-state index in [2.05, 4.69) is 0 Å². The number of hydrogen-bond acceptors (Lipinski definition) is 5. The number of thioether (sulfide) groups is 1. The predicted octanol–water partition coefficient (Wildman–Crippen LogP) is 2.79. The molecular formula is C17H23NO4S. The van der Waals surface area contributed by atoms with Gasteiger partial charge in [0.25, 0.3) is 0 Å². The molecule has 0 heterocycles. The number of methoxy groups -OCH3 is 1. The molecule has 1 unspecified atom stereocenters. The van der Waals surface area contributed by atoms with Gasteiger partial charge < -0.3 is 4.74 Å². The van der Waals surface area contributed by atoms with Crippen LogP contribution in [0.3, 0.4) is 0 Å². The van der Waals surface area contributed by atoms with Gasteiger partial charge in [0.15, 0.2) is 5.12 Å². The van der Waals surface area contributed by atoms with Crippen LogP contribution < -0.4 is 4.90 Å². The molecule has 0 bridgehead atoms. The standard InChI is InChI=1S/C17H23NO4S/c1-10-7-8-11(2)16(12(10)3)18(13(4)17(21)22-6)15(20)9-23-14(5)19/h7-8,13H,9H2,1-6H3. The first-order valence-corrected chi connectivity index (χ1v) is 8.29. The molecule has 0 radical (unpaired) electrons. The second-order valence-corrected chi connectivity index (χ2v) is 6.57. The fourth-order valence-electron chi connectivity index (χ4n) is 2.35. The predicted molar refractivity (Wildman–Crippen MR) is 92.8 cm³/mol. The molecule has 0 aliphatic heterocycles. The number of nitrogens with zero attached hydrogens (tertiary/aromatic N) is 1. The van der Waals surface area contributed by atoms with Crippen molar-refractivity contribution >= 4 is 34.4 Å². The summed E-state index contributed by atoms with van der Waals surface area (Å²) in [5.41, 5.74) is 3.56. The lowest BCUT2D eigenvalue weighted by Crippen LogP contribution is -2.46. The minimum Gasteiger partial charge on any atom is -0.467 e. The minimum absolute atomic E-state index is 0.0104. The van der Waals surface area contributed by atoms with Crippen molar-refractivity contribution in [3.05, 3.63) is 28.8 Å². The highest BCUT2D eigenvalue weighted by molar-refractivity contribution is 8.14. The van der Waals surface area contributed by atoms with Crippen molar-refractivity contribution in [3.63, 3.8) is 0 Å². The van der Waals surface area contributed by atoms with Gasteiger partial charge in [-0.05, 0) is 44.4 Å². The van der Waals surface area contributed by atoms with E-state index in [1.165, 1.54) is 18.9 Å². The van der Waals surface area contributed by atoms with Gasteiger partial charge in [-0.1, -0.05) is 23.9 Å². The zero-order valence-electron chi connectivity index (χ0n) is 14.4. The average Bonchev–Trinajstić information content (AvgIpc) is 2.51. The lowest BCUT2D eigenvalue weighted by molar-refractivity contribution is -0.142. The van der Waals surface area contributed by atoms with E-state index >= 15 is 0 Å². The Morgan fingerprint density at radius 1 is 1.17 bits per heavy atom. The van der Waals surface area contributed by atoms with Crippen molar-refractivity contribution in [2.75, 3.05) is 17.8 Å². The van der Waals surface area contributed by atoms with Gasteiger partial charge in [0.05, 0.1) is 18.6 Å². The summed E-state index contributed by atoms with van der Waals surface area (Å²) < 4.78 is 4.79. The molecule has 0 spiro atoms. The molecule has 1 atom stereocenters. The fraction of sp³-hybridized carbons (Fsp3) is 0.471. The Morgan fingerprint density at radius 2 is 1.74 bits per heavy atom. The van der Waals surface area contributed by atoms with Gasteiger partial charge in [-0.3, -0.25) is 14.5 Å². The van der Waals surface area contributed by atoms with Crippen LogP contribution in [0, 0.1) is 20.8 Å². The third kappa shape index (κ3) is 4.58. The average molecular weight is 337 g/mol. The van der Waals surface area contributed by atoms with Crippen LogP contribution in [-0.2, 0) is 19.1 Å². The van der Waals surface area contributed by atoms with Crippen molar-refractivity contribution < 1.29 is 19.1 Å². The molecule has 0 fully saturated rings. The van der Waals surface area contributed by atoms with Crippen LogP contribution in [0.4, 0.5) is 5.69 Å². The highest BCUT2D eigenvalue weighted by atomic mass is 32.2. The Kier molecular flexibility index (Phi) is 6.81. The van der Waals surface area contributed by atoms with E-state index in [1.54, 1.807) is 6.92 Å². The number of amides is 1. The molecule has 0 aromatic heterocycles. The van der Waals surface area contributed by atoms with E-state index in [9.17, 15) is 14.4 Å².